The maximum Gasteiger partial charge on any atom is 0.251 e. The first-order chi connectivity index (χ1) is 18.2. The van der Waals surface area contributed by atoms with E-state index in [1.54, 1.807) is 12.1 Å². The van der Waals surface area contributed by atoms with E-state index in [4.69, 9.17) is 23.2 Å². The Bertz CT molecular complexity index is 1400. The number of rotatable bonds is 9. The van der Waals surface area contributed by atoms with Gasteiger partial charge in [0.1, 0.15) is 11.1 Å². The molecule has 0 aliphatic heterocycles. The Labute approximate surface area is 240 Å². The van der Waals surface area contributed by atoms with Crippen LogP contribution in [0.15, 0.2) is 23.4 Å². The van der Waals surface area contributed by atoms with Crippen LogP contribution in [0.25, 0.3) is 0 Å². The van der Waals surface area contributed by atoms with Crippen LogP contribution in [-0.4, -0.2) is 32.3 Å². The SMILES string of the molecule is CCn1c(SCC(=O)Nc2sc3c(c2C#N)CCCC3)nnc1[C@@H](NC(=O)c1ccc(Cl)c(Cl)c1)C(C)C. The maximum atomic E-state index is 13.0. The number of thioether (sulfide) groups is 1. The summed E-state index contributed by atoms with van der Waals surface area (Å²) in [7, 11) is 0. The molecule has 200 valence electrons. The van der Waals surface area contributed by atoms with Crippen LogP contribution in [0.3, 0.4) is 0 Å². The molecule has 1 aliphatic rings. The van der Waals surface area contributed by atoms with Gasteiger partial charge >= 0.3 is 0 Å². The van der Waals surface area contributed by atoms with E-state index in [0.717, 1.165) is 31.2 Å². The van der Waals surface area contributed by atoms with E-state index in [2.05, 4.69) is 26.9 Å². The molecule has 2 aromatic heterocycles. The van der Waals surface area contributed by atoms with Gasteiger partial charge < -0.3 is 15.2 Å². The summed E-state index contributed by atoms with van der Waals surface area (Å²) in [5.74, 6) is 0.246. The fourth-order valence-corrected chi connectivity index (χ4v) is 6.75. The van der Waals surface area contributed by atoms with Crippen LogP contribution in [-0.2, 0) is 24.2 Å². The van der Waals surface area contributed by atoms with E-state index in [1.807, 2.05) is 25.3 Å². The van der Waals surface area contributed by atoms with Crippen molar-refractivity contribution < 1.29 is 9.59 Å². The van der Waals surface area contributed by atoms with Crippen LogP contribution in [0.1, 0.15) is 71.8 Å². The van der Waals surface area contributed by atoms with Gasteiger partial charge in [0, 0.05) is 17.0 Å². The fraction of sp³-hybridized carbons (Fsp3) is 0.423. The van der Waals surface area contributed by atoms with Crippen LogP contribution in [0, 0.1) is 17.2 Å². The number of nitrogens with zero attached hydrogens (tertiary/aromatic N) is 4. The summed E-state index contributed by atoms with van der Waals surface area (Å²) in [6.07, 6.45) is 4.03. The first kappa shape index (κ1) is 28.4. The maximum absolute atomic E-state index is 13.0. The average molecular weight is 592 g/mol. The lowest BCUT2D eigenvalue weighted by Crippen LogP contribution is -2.33. The standard InChI is InChI=1S/C26H28Cl2N6O2S2/c1-4-34-23(22(14(2)3)31-24(36)15-9-10-18(27)19(28)11-15)32-33-26(34)37-13-21(35)30-25-17(12-29)16-7-5-6-8-20(16)38-25/h9-11,14,22H,4-8,13H2,1-3H3,(H,30,35)(H,31,36)/t22-/m0/s1. The number of aryl methyl sites for hydroxylation is 1. The molecule has 0 spiro atoms. The minimum Gasteiger partial charge on any atom is -0.342 e. The molecule has 12 heteroatoms. The van der Waals surface area contributed by atoms with Crippen molar-refractivity contribution in [3.05, 3.63) is 55.6 Å². The molecule has 1 aromatic carbocycles. The third-order valence-corrected chi connectivity index (χ3v) is 9.26. The highest BCUT2D eigenvalue weighted by atomic mass is 35.5. The lowest BCUT2D eigenvalue weighted by Gasteiger charge is -2.22. The van der Waals surface area contributed by atoms with Gasteiger partial charge in [-0.2, -0.15) is 5.26 Å². The summed E-state index contributed by atoms with van der Waals surface area (Å²) in [4.78, 5) is 27.0. The molecule has 0 fully saturated rings. The van der Waals surface area contributed by atoms with Gasteiger partial charge in [0.15, 0.2) is 11.0 Å². The van der Waals surface area contributed by atoms with Crippen molar-refractivity contribution in [2.24, 2.45) is 5.92 Å². The number of nitrogens with one attached hydrogen (secondary N) is 2. The van der Waals surface area contributed by atoms with Crippen LogP contribution in [0.4, 0.5) is 5.00 Å². The predicted octanol–water partition coefficient (Wildman–Crippen LogP) is 6.27. The average Bonchev–Trinajstić information content (AvgIpc) is 3.47. The van der Waals surface area contributed by atoms with E-state index in [0.29, 0.717) is 43.7 Å². The highest BCUT2D eigenvalue weighted by Crippen LogP contribution is 2.37. The van der Waals surface area contributed by atoms with Crippen LogP contribution < -0.4 is 10.6 Å². The number of thiophene rings is 1. The summed E-state index contributed by atoms with van der Waals surface area (Å²) in [6, 6.07) is 6.60. The first-order valence-corrected chi connectivity index (χ1v) is 15.0. The van der Waals surface area contributed by atoms with Crippen molar-refractivity contribution in [1.29, 1.82) is 5.26 Å². The highest BCUT2D eigenvalue weighted by molar-refractivity contribution is 7.99. The number of benzene rings is 1. The van der Waals surface area contributed by atoms with Crippen LogP contribution >= 0.6 is 46.3 Å². The Morgan fingerprint density at radius 3 is 2.66 bits per heavy atom. The lowest BCUT2D eigenvalue weighted by atomic mass is 9.96. The summed E-state index contributed by atoms with van der Waals surface area (Å²) in [6.45, 7) is 6.50. The molecule has 0 radical (unpaired) electrons. The number of hydrogen-bond donors (Lipinski definition) is 2. The van der Waals surface area contributed by atoms with Gasteiger partial charge in [-0.15, -0.1) is 21.5 Å². The van der Waals surface area contributed by atoms with Crippen molar-refractivity contribution >= 4 is 63.1 Å². The molecule has 2 N–H and O–H groups in total. The van der Waals surface area contributed by atoms with Gasteiger partial charge in [-0.3, -0.25) is 9.59 Å². The summed E-state index contributed by atoms with van der Waals surface area (Å²) >= 11 is 14.9. The Morgan fingerprint density at radius 2 is 1.97 bits per heavy atom. The first-order valence-electron chi connectivity index (χ1n) is 12.4. The molecule has 4 rings (SSSR count). The van der Waals surface area contributed by atoms with Gasteiger partial charge in [0.05, 0.1) is 27.4 Å². The molecular formula is C26H28Cl2N6O2S2. The van der Waals surface area contributed by atoms with Gasteiger partial charge in [-0.25, -0.2) is 0 Å². The number of aromatic nitrogens is 3. The molecule has 0 bridgehead atoms. The second-order valence-corrected chi connectivity index (χ2v) is 12.1. The number of carbonyl (C=O) groups is 2. The molecule has 0 saturated heterocycles. The summed E-state index contributed by atoms with van der Waals surface area (Å²) in [5, 5.41) is 26.2. The number of fused-ring (bicyclic) bond motifs is 1. The molecule has 1 aliphatic carbocycles. The molecule has 0 saturated carbocycles. The van der Waals surface area contributed by atoms with E-state index in [-0.39, 0.29) is 23.5 Å². The normalized spacial score (nSPS) is 13.6. The van der Waals surface area contributed by atoms with Crippen molar-refractivity contribution in [3.63, 3.8) is 0 Å². The molecule has 0 unspecified atom stereocenters. The zero-order chi connectivity index (χ0) is 27.4. The van der Waals surface area contributed by atoms with Crippen molar-refractivity contribution in [2.45, 2.75) is 64.2 Å². The number of hydrogen-bond acceptors (Lipinski definition) is 7. The molecule has 1 atom stereocenters. The summed E-state index contributed by atoms with van der Waals surface area (Å²) < 4.78 is 1.91. The zero-order valence-electron chi connectivity index (χ0n) is 21.3. The Morgan fingerprint density at radius 1 is 1.21 bits per heavy atom. The number of anilines is 1. The monoisotopic (exact) mass is 590 g/mol. The minimum absolute atomic E-state index is 0.0200. The van der Waals surface area contributed by atoms with Gasteiger partial charge in [-0.05, 0) is 62.3 Å². The number of halogens is 2. The summed E-state index contributed by atoms with van der Waals surface area (Å²) in [5.41, 5.74) is 2.08. The smallest absolute Gasteiger partial charge is 0.251 e. The molecule has 38 heavy (non-hydrogen) atoms. The third kappa shape index (κ3) is 6.18. The largest absolute Gasteiger partial charge is 0.342 e. The second kappa shape index (κ2) is 12.5. The van der Waals surface area contributed by atoms with Gasteiger partial charge in [0.2, 0.25) is 5.91 Å². The van der Waals surface area contributed by atoms with Gasteiger partial charge in [0.25, 0.3) is 5.91 Å². The zero-order valence-corrected chi connectivity index (χ0v) is 24.5. The van der Waals surface area contributed by atoms with Crippen molar-refractivity contribution in [1.82, 2.24) is 20.1 Å². The van der Waals surface area contributed by atoms with E-state index < -0.39 is 6.04 Å². The second-order valence-electron chi connectivity index (χ2n) is 9.27. The van der Waals surface area contributed by atoms with Crippen LogP contribution in [0.5, 0.6) is 0 Å². The number of carbonyl (C=O) groups excluding carboxylic acids is 2. The van der Waals surface area contributed by atoms with Gasteiger partial charge in [-0.1, -0.05) is 48.8 Å². The molecule has 2 amide bonds. The predicted molar refractivity (Wildman–Crippen MR) is 152 cm³/mol. The minimum atomic E-state index is -0.414. The third-order valence-electron chi connectivity index (χ3n) is 6.34. The molecular weight excluding hydrogens is 563 g/mol. The van der Waals surface area contributed by atoms with Crippen molar-refractivity contribution in [3.8, 4) is 6.07 Å². The fourth-order valence-electron chi connectivity index (χ4n) is 4.39. The van der Waals surface area contributed by atoms with Crippen LogP contribution in [0.2, 0.25) is 10.0 Å². The number of nitriles is 1. The lowest BCUT2D eigenvalue weighted by molar-refractivity contribution is -0.113. The van der Waals surface area contributed by atoms with Crippen molar-refractivity contribution in [2.75, 3.05) is 11.1 Å². The molecule has 8 nitrogen and oxygen atoms in total. The Kier molecular flexibility index (Phi) is 9.36. The Balaban J connectivity index is 1.46. The highest BCUT2D eigenvalue weighted by Gasteiger charge is 2.27. The van der Waals surface area contributed by atoms with E-state index >= 15 is 0 Å². The number of amides is 2. The molecule has 3 aromatic rings. The van der Waals surface area contributed by atoms with E-state index in [1.165, 1.54) is 34.0 Å². The quantitative estimate of drug-likeness (QED) is 0.284. The Hall–Kier alpha value is -2.58. The van der Waals surface area contributed by atoms with E-state index in [9.17, 15) is 14.9 Å². The molecule has 2 heterocycles. The topological polar surface area (TPSA) is 113 Å².